The van der Waals surface area contributed by atoms with Crippen molar-refractivity contribution < 1.29 is 28.7 Å². The maximum Gasteiger partial charge on any atom is 0.293 e. The maximum atomic E-state index is 13.3. The van der Waals surface area contributed by atoms with Crippen LogP contribution < -0.4 is 36.0 Å². The Hall–Kier alpha value is -5.74. The number of pyridine rings is 1. The van der Waals surface area contributed by atoms with E-state index < -0.39 is 11.9 Å². The number of halogens is 1. The van der Waals surface area contributed by atoms with E-state index in [2.05, 4.69) is 36.8 Å². The molecule has 4 aromatic rings. The van der Waals surface area contributed by atoms with Crippen molar-refractivity contribution >= 4 is 69.3 Å². The number of benzene rings is 2. The van der Waals surface area contributed by atoms with Crippen LogP contribution in [0.5, 0.6) is 5.75 Å². The number of rotatable bonds is 11. The van der Waals surface area contributed by atoms with E-state index in [1.165, 1.54) is 7.05 Å². The molecule has 4 fully saturated rings. The average molecular weight is 838 g/mol. The molecule has 5 aliphatic rings. The van der Waals surface area contributed by atoms with Gasteiger partial charge in [-0.1, -0.05) is 17.7 Å². The number of anilines is 4. The minimum absolute atomic E-state index is 0.0893. The quantitative estimate of drug-likeness (QED) is 0.183. The molecule has 2 aromatic heterocycles. The highest BCUT2D eigenvalue weighted by atomic mass is 35.5. The summed E-state index contributed by atoms with van der Waals surface area (Å²) in [7, 11) is 1.51. The molecule has 1 atom stereocenters. The molecule has 314 valence electrons. The highest BCUT2D eigenvalue weighted by Gasteiger charge is 2.54. The molecule has 4 amide bonds. The van der Waals surface area contributed by atoms with E-state index >= 15 is 0 Å². The summed E-state index contributed by atoms with van der Waals surface area (Å²) < 4.78 is 13.9. The molecule has 3 N–H and O–H groups in total. The zero-order chi connectivity index (χ0) is 41.9. The smallest absolute Gasteiger partial charge is 0.293 e. The molecule has 4 aliphatic heterocycles. The number of fused-ring (bicyclic) bond motifs is 2. The maximum absolute atomic E-state index is 13.3. The number of hydrogen-bond acceptors (Lipinski definition) is 12. The first-order chi connectivity index (χ1) is 28.9. The van der Waals surface area contributed by atoms with Crippen LogP contribution in [0.2, 0.25) is 5.02 Å². The van der Waals surface area contributed by atoms with Crippen molar-refractivity contribution in [2.45, 2.75) is 83.2 Å². The first-order valence-electron chi connectivity index (χ1n) is 20.6. The Kier molecular flexibility index (Phi) is 10.4. The lowest BCUT2D eigenvalue weighted by atomic mass is 9.61. The Morgan fingerprint density at radius 1 is 1.02 bits per heavy atom. The number of likely N-dealkylation sites (N-methyl/N-ethyl adjacent to an activating group) is 1. The summed E-state index contributed by atoms with van der Waals surface area (Å²) in [6.45, 7) is 7.25. The molecule has 17 heteroatoms. The van der Waals surface area contributed by atoms with Gasteiger partial charge in [0.2, 0.25) is 17.8 Å². The Morgan fingerprint density at radius 2 is 1.80 bits per heavy atom. The summed E-state index contributed by atoms with van der Waals surface area (Å²) in [5.41, 5.74) is 4.00. The molecule has 1 aliphatic carbocycles. The fraction of sp³-hybridized carbons (Fsp3) is 0.465. The second-order valence-electron chi connectivity index (χ2n) is 16.9. The number of hydrogen-bond donors (Lipinski definition) is 3. The molecule has 6 heterocycles. The Labute approximate surface area is 351 Å². The molecule has 3 saturated heterocycles. The molecule has 1 saturated carbocycles. The van der Waals surface area contributed by atoms with Crippen LogP contribution in [-0.4, -0.2) is 101 Å². The normalized spacial score (nSPS) is 20.3. The minimum Gasteiger partial charge on any atom is -0.478 e. The Morgan fingerprint density at radius 3 is 2.53 bits per heavy atom. The van der Waals surface area contributed by atoms with Crippen LogP contribution in [0.3, 0.4) is 0 Å². The highest BCUT2D eigenvalue weighted by Crippen LogP contribution is 2.52. The molecular weight excluding hydrogens is 790 g/mol. The average Bonchev–Trinajstić information content (AvgIpc) is 3.54. The summed E-state index contributed by atoms with van der Waals surface area (Å²) in [6, 6.07) is 12.3. The zero-order valence-electron chi connectivity index (χ0n) is 33.8. The standard InChI is InChI=1S/C43H48ClN9O7/c1-24(2)53-32-8-7-26(15-25(32)16-35(41(53)58)59-21-37(55)45-3)47-38-31(44)19-46-42(49-38)50-13-11-27(12-14-50)60-28-17-43(18-28)22-51(23-43)33-6-4-5-29-30(33)20-52(40(29)57)34-9-10-36(54)48-39(34)56/h4-8,15-16,19,24,27-28,34H,9-14,17-18,20-23H2,1-3H3,(H,45,55)(H,46,47,49)(H,48,54,56). The van der Waals surface area contributed by atoms with Crippen molar-refractivity contribution in [2.24, 2.45) is 5.41 Å². The second kappa shape index (κ2) is 15.7. The monoisotopic (exact) mass is 837 g/mol. The number of piperidine rings is 2. The third-order valence-corrected chi connectivity index (χ3v) is 12.8. The Bertz CT molecular complexity index is 2450. The van der Waals surface area contributed by atoms with Gasteiger partial charge in [0.1, 0.15) is 11.1 Å². The molecule has 9 rings (SSSR count). The second-order valence-corrected chi connectivity index (χ2v) is 17.3. The van der Waals surface area contributed by atoms with E-state index in [1.54, 1.807) is 21.7 Å². The van der Waals surface area contributed by atoms with Gasteiger partial charge in [0.15, 0.2) is 18.2 Å². The van der Waals surface area contributed by atoms with E-state index in [0.29, 0.717) is 41.0 Å². The highest BCUT2D eigenvalue weighted by molar-refractivity contribution is 6.33. The van der Waals surface area contributed by atoms with Crippen LogP contribution >= 0.6 is 11.6 Å². The number of carbonyl (C=O) groups is 4. The number of nitrogens with one attached hydrogen (secondary N) is 3. The summed E-state index contributed by atoms with van der Waals surface area (Å²) in [4.78, 5) is 78.1. The topological polar surface area (TPSA) is 180 Å². The van der Waals surface area contributed by atoms with Crippen LogP contribution in [0.25, 0.3) is 10.9 Å². The molecule has 16 nitrogen and oxygen atoms in total. The van der Waals surface area contributed by atoms with E-state index in [-0.39, 0.29) is 65.7 Å². The van der Waals surface area contributed by atoms with Crippen molar-refractivity contribution in [3.63, 3.8) is 0 Å². The van der Waals surface area contributed by atoms with Crippen LogP contribution in [0.4, 0.5) is 23.1 Å². The lowest BCUT2D eigenvalue weighted by molar-refractivity contribution is -0.137. The number of imide groups is 1. The number of carbonyl (C=O) groups excluding carboxylic acids is 4. The Balaban J connectivity index is 0.779. The van der Waals surface area contributed by atoms with Crippen molar-refractivity contribution in [1.29, 1.82) is 0 Å². The van der Waals surface area contributed by atoms with Crippen molar-refractivity contribution in [3.8, 4) is 5.75 Å². The van der Waals surface area contributed by atoms with Crippen LogP contribution in [-0.2, 0) is 25.7 Å². The lowest BCUT2D eigenvalue weighted by Crippen LogP contribution is -2.64. The largest absolute Gasteiger partial charge is 0.478 e. The van der Waals surface area contributed by atoms with Crippen molar-refractivity contribution in [2.75, 3.05) is 55.0 Å². The minimum atomic E-state index is -0.626. The van der Waals surface area contributed by atoms with Gasteiger partial charge in [-0.3, -0.25) is 29.3 Å². The number of amides is 4. The van der Waals surface area contributed by atoms with Crippen LogP contribution in [0, 0.1) is 5.41 Å². The van der Waals surface area contributed by atoms with Gasteiger partial charge in [-0.15, -0.1) is 0 Å². The summed E-state index contributed by atoms with van der Waals surface area (Å²) in [6.07, 6.45) is 6.26. The predicted molar refractivity (Wildman–Crippen MR) is 225 cm³/mol. The number of ether oxygens (including phenoxy) is 2. The first-order valence-corrected chi connectivity index (χ1v) is 21.0. The summed E-state index contributed by atoms with van der Waals surface area (Å²) >= 11 is 6.59. The molecular formula is C43H48ClN9O7. The molecule has 1 unspecified atom stereocenters. The van der Waals surface area contributed by atoms with E-state index in [1.807, 2.05) is 44.2 Å². The van der Waals surface area contributed by atoms with Gasteiger partial charge >= 0.3 is 0 Å². The third-order valence-electron chi connectivity index (χ3n) is 12.5. The first kappa shape index (κ1) is 39.7. The van der Waals surface area contributed by atoms with Crippen molar-refractivity contribution in [3.05, 3.63) is 75.2 Å². The number of nitrogens with zero attached hydrogens (tertiary/aromatic N) is 6. The van der Waals surface area contributed by atoms with Gasteiger partial charge in [0.25, 0.3) is 17.4 Å². The van der Waals surface area contributed by atoms with Gasteiger partial charge in [-0.25, -0.2) is 4.98 Å². The molecule has 0 bridgehead atoms. The molecule has 2 aromatic carbocycles. The fourth-order valence-electron chi connectivity index (χ4n) is 9.49. The zero-order valence-corrected chi connectivity index (χ0v) is 34.6. The third kappa shape index (κ3) is 7.40. The van der Waals surface area contributed by atoms with E-state index in [9.17, 15) is 24.0 Å². The van der Waals surface area contributed by atoms with Crippen LogP contribution in [0.15, 0.2) is 53.5 Å². The molecule has 1 spiro atoms. The summed E-state index contributed by atoms with van der Waals surface area (Å²) in [5, 5.41) is 9.33. The SMILES string of the molecule is CNC(=O)COc1cc2cc(Nc3nc(N4CCC(OC5CC6(C5)CN(c5cccc7c5CN(C5CCC(=O)NC5=O)C7=O)C6)CC4)ncc3Cl)ccc2n(C(C)C)c1=O. The lowest BCUT2D eigenvalue weighted by Gasteiger charge is -2.60. The van der Waals surface area contributed by atoms with Crippen molar-refractivity contribution in [1.82, 2.24) is 30.1 Å². The fourth-order valence-corrected chi connectivity index (χ4v) is 9.63. The molecule has 60 heavy (non-hydrogen) atoms. The van der Waals surface area contributed by atoms with Gasteiger partial charge in [-0.2, -0.15) is 4.98 Å². The predicted octanol–water partition coefficient (Wildman–Crippen LogP) is 4.31. The van der Waals surface area contributed by atoms with Gasteiger partial charge in [0.05, 0.1) is 23.9 Å². The van der Waals surface area contributed by atoms with Gasteiger partial charge in [-0.05, 0) is 82.3 Å². The molecule has 0 radical (unpaired) electrons. The number of aromatic nitrogens is 3. The van der Waals surface area contributed by atoms with E-state index in [0.717, 1.165) is 74.0 Å². The van der Waals surface area contributed by atoms with Crippen LogP contribution in [0.1, 0.15) is 74.3 Å². The van der Waals surface area contributed by atoms with Gasteiger partial charge < -0.3 is 39.4 Å². The summed E-state index contributed by atoms with van der Waals surface area (Å²) in [5.74, 6) is -0.0461. The van der Waals surface area contributed by atoms with Gasteiger partial charge in [0, 0.05) is 85.5 Å². The van der Waals surface area contributed by atoms with E-state index in [4.69, 9.17) is 26.1 Å².